The molecule has 0 fully saturated rings. The van der Waals surface area contributed by atoms with Crippen molar-refractivity contribution in [2.24, 2.45) is 0 Å². The predicted molar refractivity (Wildman–Crippen MR) is 109 cm³/mol. The summed E-state index contributed by atoms with van der Waals surface area (Å²) in [4.78, 5) is 11.9. The number of aromatic nitrogens is 1. The molecule has 0 saturated carbocycles. The van der Waals surface area contributed by atoms with Crippen LogP contribution in [0.25, 0.3) is 5.69 Å². The molecule has 5 heteroatoms. The average molecular weight is 383 g/mol. The number of carbonyl (C=O) groups is 1. The summed E-state index contributed by atoms with van der Waals surface area (Å²) >= 11 is 6.00. The fourth-order valence-corrected chi connectivity index (χ4v) is 3.62. The van der Waals surface area contributed by atoms with Crippen molar-refractivity contribution >= 4 is 17.6 Å². The molecule has 0 unspecified atom stereocenters. The van der Waals surface area contributed by atoms with Gasteiger partial charge in [-0.3, -0.25) is 0 Å². The van der Waals surface area contributed by atoms with Gasteiger partial charge in [0.1, 0.15) is 0 Å². The van der Waals surface area contributed by atoms with E-state index < -0.39 is 5.97 Å². The van der Waals surface area contributed by atoms with Crippen LogP contribution in [0.4, 0.5) is 0 Å². The zero-order valence-corrected chi connectivity index (χ0v) is 16.4. The second kappa shape index (κ2) is 7.99. The van der Waals surface area contributed by atoms with E-state index in [1.165, 1.54) is 5.56 Å². The molecule has 0 aliphatic rings. The van der Waals surface area contributed by atoms with Crippen LogP contribution in [0.3, 0.4) is 0 Å². The van der Waals surface area contributed by atoms with Crippen LogP contribution in [-0.2, 0) is 6.54 Å². The smallest absolute Gasteiger partial charge is 0.337 e. The number of carboxylic acids is 1. The maximum absolute atomic E-state index is 11.9. The highest BCUT2D eigenvalue weighted by Crippen LogP contribution is 2.28. The summed E-state index contributed by atoms with van der Waals surface area (Å²) in [6.45, 7) is 6.35. The number of halogens is 1. The van der Waals surface area contributed by atoms with E-state index in [2.05, 4.69) is 24.4 Å². The molecule has 2 N–H and O–H groups in total. The van der Waals surface area contributed by atoms with Gasteiger partial charge in [-0.2, -0.15) is 0 Å². The number of hydrogen-bond acceptors (Lipinski definition) is 2. The Balaban J connectivity index is 1.96. The molecule has 27 heavy (non-hydrogen) atoms. The van der Waals surface area contributed by atoms with Crippen LogP contribution < -0.4 is 5.32 Å². The summed E-state index contributed by atoms with van der Waals surface area (Å²) in [5.74, 6) is -0.910. The van der Waals surface area contributed by atoms with Crippen LogP contribution in [0.1, 0.15) is 45.8 Å². The van der Waals surface area contributed by atoms with E-state index >= 15 is 0 Å². The van der Waals surface area contributed by atoms with E-state index in [0.717, 1.165) is 16.9 Å². The lowest BCUT2D eigenvalue weighted by molar-refractivity contribution is 0.0694. The van der Waals surface area contributed by atoms with Crippen molar-refractivity contribution in [3.63, 3.8) is 0 Å². The summed E-state index contributed by atoms with van der Waals surface area (Å²) in [7, 11) is 0. The van der Waals surface area contributed by atoms with E-state index in [1.807, 2.05) is 60.9 Å². The van der Waals surface area contributed by atoms with E-state index in [9.17, 15) is 9.90 Å². The molecule has 1 aromatic heterocycles. The molecule has 1 atom stereocenters. The molecule has 0 radical (unpaired) electrons. The SMILES string of the molecule is Cc1c(CN[C@@H](C)c2ccccc2)c(C(=O)O)c(C)n1-c1ccc(Cl)cc1. The van der Waals surface area contributed by atoms with Gasteiger partial charge in [0.25, 0.3) is 0 Å². The second-order valence-corrected chi connectivity index (χ2v) is 7.09. The van der Waals surface area contributed by atoms with E-state index in [0.29, 0.717) is 22.8 Å². The highest BCUT2D eigenvalue weighted by molar-refractivity contribution is 6.30. The molecule has 1 heterocycles. The zero-order valence-electron chi connectivity index (χ0n) is 15.7. The number of benzene rings is 2. The van der Waals surface area contributed by atoms with Crippen LogP contribution in [0, 0.1) is 13.8 Å². The number of nitrogens with one attached hydrogen (secondary N) is 1. The molecule has 0 spiro atoms. The molecular weight excluding hydrogens is 360 g/mol. The van der Waals surface area contributed by atoms with Gasteiger partial charge in [0, 0.05) is 40.2 Å². The Morgan fingerprint density at radius 2 is 1.70 bits per heavy atom. The fraction of sp³-hybridized carbons (Fsp3) is 0.227. The maximum Gasteiger partial charge on any atom is 0.337 e. The number of nitrogens with zero attached hydrogens (tertiary/aromatic N) is 1. The summed E-state index contributed by atoms with van der Waals surface area (Å²) in [5, 5.41) is 13.9. The van der Waals surface area contributed by atoms with Gasteiger partial charge >= 0.3 is 5.97 Å². The van der Waals surface area contributed by atoms with Crippen molar-refractivity contribution in [1.29, 1.82) is 0 Å². The average Bonchev–Trinajstić information content (AvgIpc) is 2.91. The van der Waals surface area contributed by atoms with Crippen molar-refractivity contribution in [1.82, 2.24) is 9.88 Å². The normalized spacial score (nSPS) is 12.1. The highest BCUT2D eigenvalue weighted by atomic mass is 35.5. The molecule has 0 aliphatic heterocycles. The topological polar surface area (TPSA) is 54.3 Å². The number of hydrogen-bond donors (Lipinski definition) is 2. The van der Waals surface area contributed by atoms with E-state index in [4.69, 9.17) is 11.6 Å². The van der Waals surface area contributed by atoms with Gasteiger partial charge in [0.2, 0.25) is 0 Å². The Morgan fingerprint density at radius 1 is 1.07 bits per heavy atom. The predicted octanol–water partition coefficient (Wildman–Crippen LogP) is 5.30. The standard InChI is InChI=1S/C22H23ClN2O2/c1-14(17-7-5-4-6-8-17)24-13-20-15(2)25(16(3)21(20)22(26)27)19-11-9-18(23)10-12-19/h4-12,14,24H,13H2,1-3H3,(H,26,27)/t14-/m0/s1. The van der Waals surface area contributed by atoms with Crippen LogP contribution in [0.15, 0.2) is 54.6 Å². The van der Waals surface area contributed by atoms with Gasteiger partial charge < -0.3 is 15.0 Å². The number of aromatic carboxylic acids is 1. The molecule has 0 amide bonds. The molecule has 3 aromatic rings. The van der Waals surface area contributed by atoms with E-state index in [1.54, 1.807) is 0 Å². The number of rotatable bonds is 6. The monoisotopic (exact) mass is 382 g/mol. The molecule has 2 aromatic carbocycles. The van der Waals surface area contributed by atoms with Gasteiger partial charge in [-0.1, -0.05) is 41.9 Å². The van der Waals surface area contributed by atoms with Crippen molar-refractivity contribution in [2.75, 3.05) is 0 Å². The third-order valence-electron chi connectivity index (χ3n) is 4.95. The minimum atomic E-state index is -0.910. The van der Waals surface area contributed by atoms with Crippen molar-refractivity contribution in [3.8, 4) is 5.69 Å². The minimum absolute atomic E-state index is 0.117. The Kier molecular flexibility index (Phi) is 5.68. The summed E-state index contributed by atoms with van der Waals surface area (Å²) < 4.78 is 1.98. The molecule has 4 nitrogen and oxygen atoms in total. The van der Waals surface area contributed by atoms with Crippen molar-refractivity contribution < 1.29 is 9.90 Å². The van der Waals surface area contributed by atoms with Crippen LogP contribution in [0.2, 0.25) is 5.02 Å². The summed E-state index contributed by atoms with van der Waals surface area (Å²) in [6.07, 6.45) is 0. The maximum atomic E-state index is 11.9. The van der Waals surface area contributed by atoms with Gasteiger partial charge in [0.15, 0.2) is 0 Å². The van der Waals surface area contributed by atoms with Gasteiger partial charge in [0.05, 0.1) is 5.56 Å². The molecule has 0 saturated heterocycles. The third kappa shape index (κ3) is 3.92. The van der Waals surface area contributed by atoms with E-state index in [-0.39, 0.29) is 6.04 Å². The lowest BCUT2D eigenvalue weighted by Crippen LogP contribution is -2.19. The molecule has 3 rings (SSSR count). The highest BCUT2D eigenvalue weighted by Gasteiger charge is 2.23. The summed E-state index contributed by atoms with van der Waals surface area (Å²) in [5.41, 5.74) is 4.86. The molecule has 140 valence electrons. The molecular formula is C22H23ClN2O2. The lowest BCUT2D eigenvalue weighted by Gasteiger charge is -2.15. The van der Waals surface area contributed by atoms with Crippen molar-refractivity contribution in [3.05, 3.63) is 87.7 Å². The van der Waals surface area contributed by atoms with Gasteiger partial charge in [-0.05, 0) is 50.6 Å². The fourth-order valence-electron chi connectivity index (χ4n) is 3.49. The Hall–Kier alpha value is -2.56. The van der Waals surface area contributed by atoms with Crippen molar-refractivity contribution in [2.45, 2.75) is 33.4 Å². The largest absolute Gasteiger partial charge is 0.478 e. The number of carboxylic acid groups (broad SMARTS) is 1. The van der Waals surface area contributed by atoms with Crippen LogP contribution in [0.5, 0.6) is 0 Å². The zero-order chi connectivity index (χ0) is 19.6. The second-order valence-electron chi connectivity index (χ2n) is 6.65. The van der Waals surface area contributed by atoms with Gasteiger partial charge in [-0.15, -0.1) is 0 Å². The molecule has 0 bridgehead atoms. The Bertz CT molecular complexity index is 947. The Morgan fingerprint density at radius 3 is 2.30 bits per heavy atom. The third-order valence-corrected chi connectivity index (χ3v) is 5.21. The van der Waals surface area contributed by atoms with Gasteiger partial charge in [-0.25, -0.2) is 4.79 Å². The first-order valence-corrected chi connectivity index (χ1v) is 9.26. The van der Waals surface area contributed by atoms with Crippen LogP contribution in [-0.4, -0.2) is 15.6 Å². The summed E-state index contributed by atoms with van der Waals surface area (Å²) in [6, 6.07) is 17.7. The first-order chi connectivity index (χ1) is 12.9. The quantitative estimate of drug-likeness (QED) is 0.608. The molecule has 0 aliphatic carbocycles. The first kappa shape index (κ1) is 19.2. The first-order valence-electron chi connectivity index (χ1n) is 8.88. The van der Waals surface area contributed by atoms with Crippen LogP contribution >= 0.6 is 11.6 Å². The Labute approximate surface area is 164 Å². The lowest BCUT2D eigenvalue weighted by atomic mass is 10.1. The minimum Gasteiger partial charge on any atom is -0.478 e.